The molecular weight excluding hydrogens is 480 g/mol. The van der Waals surface area contributed by atoms with Crippen LogP contribution in [0.15, 0.2) is 16.9 Å². The Balaban J connectivity index is 2.79. The maximum atomic E-state index is 13.1. The SMILES string of the molecule is CCn1c(Nc2cc(C(F)(F)F)cc(C(F)(F)F)c2Cl)nc(C(F)(F)F)c(Cl)c1=O. The maximum Gasteiger partial charge on any atom is 0.435 e. The van der Waals surface area contributed by atoms with Gasteiger partial charge in [0.1, 0.15) is 5.02 Å². The van der Waals surface area contributed by atoms with Gasteiger partial charge >= 0.3 is 18.5 Å². The fraction of sp³-hybridized carbons (Fsp3) is 0.333. The highest BCUT2D eigenvalue weighted by atomic mass is 35.5. The van der Waals surface area contributed by atoms with E-state index in [0.29, 0.717) is 4.57 Å². The molecule has 1 N–H and O–H groups in total. The first-order valence-corrected chi connectivity index (χ1v) is 8.36. The molecular formula is C15H8Cl2F9N3O. The number of hydrogen-bond donors (Lipinski definition) is 1. The molecule has 0 bridgehead atoms. The van der Waals surface area contributed by atoms with Crippen LogP contribution in [0.1, 0.15) is 23.7 Å². The number of alkyl halides is 9. The van der Waals surface area contributed by atoms with Crippen molar-refractivity contribution >= 4 is 34.8 Å². The van der Waals surface area contributed by atoms with Crippen LogP contribution in [-0.2, 0) is 25.1 Å². The number of anilines is 2. The fourth-order valence-corrected chi connectivity index (χ4v) is 2.83. The van der Waals surface area contributed by atoms with Gasteiger partial charge < -0.3 is 5.32 Å². The molecule has 0 atom stereocenters. The van der Waals surface area contributed by atoms with Crippen LogP contribution < -0.4 is 10.9 Å². The van der Waals surface area contributed by atoms with Crippen molar-refractivity contribution in [3.63, 3.8) is 0 Å². The molecule has 0 spiro atoms. The normalized spacial score (nSPS) is 12.9. The van der Waals surface area contributed by atoms with E-state index in [1.54, 1.807) is 0 Å². The summed E-state index contributed by atoms with van der Waals surface area (Å²) in [4.78, 5) is 15.1. The molecule has 0 aliphatic heterocycles. The largest absolute Gasteiger partial charge is 0.435 e. The first-order chi connectivity index (χ1) is 13.5. The van der Waals surface area contributed by atoms with Gasteiger partial charge in [-0.05, 0) is 19.1 Å². The monoisotopic (exact) mass is 487 g/mol. The summed E-state index contributed by atoms with van der Waals surface area (Å²) in [5.74, 6) is -1.01. The van der Waals surface area contributed by atoms with Crippen molar-refractivity contribution in [2.75, 3.05) is 5.32 Å². The van der Waals surface area contributed by atoms with Crippen LogP contribution in [0.4, 0.5) is 51.1 Å². The van der Waals surface area contributed by atoms with Gasteiger partial charge in [0.15, 0.2) is 5.69 Å². The van der Waals surface area contributed by atoms with E-state index >= 15 is 0 Å². The molecule has 0 radical (unpaired) electrons. The van der Waals surface area contributed by atoms with E-state index in [1.165, 1.54) is 6.92 Å². The third-order valence-electron chi connectivity index (χ3n) is 3.65. The topological polar surface area (TPSA) is 46.9 Å². The number of hydrogen-bond acceptors (Lipinski definition) is 3. The summed E-state index contributed by atoms with van der Waals surface area (Å²) in [5, 5.41) is -0.728. The van der Waals surface area contributed by atoms with Gasteiger partial charge in [0.2, 0.25) is 5.95 Å². The van der Waals surface area contributed by atoms with Crippen molar-refractivity contribution < 1.29 is 39.5 Å². The third kappa shape index (κ3) is 4.77. The predicted molar refractivity (Wildman–Crippen MR) is 88.9 cm³/mol. The Kier molecular flexibility index (Phi) is 6.30. The van der Waals surface area contributed by atoms with Crippen LogP contribution >= 0.6 is 23.2 Å². The minimum Gasteiger partial charge on any atom is -0.324 e. The van der Waals surface area contributed by atoms with Gasteiger partial charge in [0.05, 0.1) is 21.8 Å². The van der Waals surface area contributed by atoms with E-state index in [2.05, 4.69) is 4.98 Å². The zero-order valence-corrected chi connectivity index (χ0v) is 15.8. The van der Waals surface area contributed by atoms with Crippen LogP contribution in [0.3, 0.4) is 0 Å². The maximum absolute atomic E-state index is 13.1. The zero-order chi connectivity index (χ0) is 23.2. The molecule has 0 aliphatic rings. The highest BCUT2D eigenvalue weighted by molar-refractivity contribution is 6.34. The lowest BCUT2D eigenvalue weighted by Crippen LogP contribution is -2.28. The molecule has 1 heterocycles. The minimum atomic E-state index is -5.32. The second kappa shape index (κ2) is 7.84. The van der Waals surface area contributed by atoms with Crippen molar-refractivity contribution in [2.45, 2.75) is 32.0 Å². The molecule has 0 saturated heterocycles. The summed E-state index contributed by atoms with van der Waals surface area (Å²) in [7, 11) is 0. The number of halogens is 11. The number of nitrogens with one attached hydrogen (secondary N) is 1. The Bertz CT molecular complexity index is 1030. The zero-order valence-electron chi connectivity index (χ0n) is 14.3. The Morgan fingerprint density at radius 3 is 1.93 bits per heavy atom. The number of rotatable bonds is 3. The highest BCUT2D eigenvalue weighted by Crippen LogP contribution is 2.43. The van der Waals surface area contributed by atoms with Crippen LogP contribution in [-0.4, -0.2) is 9.55 Å². The van der Waals surface area contributed by atoms with Gasteiger partial charge in [-0.2, -0.15) is 39.5 Å². The van der Waals surface area contributed by atoms with Crippen molar-refractivity contribution in [2.24, 2.45) is 0 Å². The van der Waals surface area contributed by atoms with Crippen molar-refractivity contribution in [1.82, 2.24) is 9.55 Å². The van der Waals surface area contributed by atoms with Gasteiger partial charge in [-0.1, -0.05) is 23.2 Å². The van der Waals surface area contributed by atoms with Crippen LogP contribution in [0.5, 0.6) is 0 Å². The van der Waals surface area contributed by atoms with Crippen molar-refractivity contribution in [1.29, 1.82) is 0 Å². The predicted octanol–water partition coefficient (Wildman–Crippen LogP) is 6.37. The molecule has 30 heavy (non-hydrogen) atoms. The first kappa shape index (κ1) is 24.1. The van der Waals surface area contributed by atoms with Crippen molar-refractivity contribution in [3.05, 3.63) is 49.4 Å². The fourth-order valence-electron chi connectivity index (χ4n) is 2.31. The molecule has 166 valence electrons. The molecule has 1 aromatic carbocycles. The number of benzene rings is 1. The third-order valence-corrected chi connectivity index (χ3v) is 4.40. The Labute approximate surface area is 171 Å². The van der Waals surface area contributed by atoms with Gasteiger partial charge in [-0.3, -0.25) is 9.36 Å². The lowest BCUT2D eigenvalue weighted by Gasteiger charge is -2.20. The Hall–Kier alpha value is -2.15. The number of nitrogens with zero attached hydrogens (tertiary/aromatic N) is 2. The van der Waals surface area contributed by atoms with Gasteiger partial charge in [0, 0.05) is 6.54 Å². The van der Waals surface area contributed by atoms with Crippen LogP contribution in [0.25, 0.3) is 0 Å². The average molecular weight is 488 g/mol. The lowest BCUT2D eigenvalue weighted by molar-refractivity contribution is -0.143. The second-order valence-corrected chi connectivity index (χ2v) is 6.41. The van der Waals surface area contributed by atoms with Gasteiger partial charge in [-0.25, -0.2) is 4.98 Å². The lowest BCUT2D eigenvalue weighted by atomic mass is 10.1. The number of aromatic nitrogens is 2. The summed E-state index contributed by atoms with van der Waals surface area (Å²) < 4.78 is 118. The smallest absolute Gasteiger partial charge is 0.324 e. The van der Waals surface area contributed by atoms with E-state index < -0.39 is 62.6 Å². The van der Waals surface area contributed by atoms with E-state index in [0.717, 1.165) is 0 Å². The average Bonchev–Trinajstić information content (AvgIpc) is 2.56. The van der Waals surface area contributed by atoms with Crippen LogP contribution in [0.2, 0.25) is 10.0 Å². The first-order valence-electron chi connectivity index (χ1n) is 7.61. The van der Waals surface area contributed by atoms with Crippen LogP contribution in [0, 0.1) is 0 Å². The van der Waals surface area contributed by atoms with Gasteiger partial charge in [-0.15, -0.1) is 0 Å². The second-order valence-electron chi connectivity index (χ2n) is 5.65. The molecule has 0 unspecified atom stereocenters. The minimum absolute atomic E-state index is 0.144. The molecule has 2 aromatic rings. The van der Waals surface area contributed by atoms with E-state index in [4.69, 9.17) is 23.2 Å². The quantitative estimate of drug-likeness (QED) is 0.511. The van der Waals surface area contributed by atoms with E-state index in [1.807, 2.05) is 5.32 Å². The Morgan fingerprint density at radius 2 is 1.50 bits per heavy atom. The molecule has 15 heteroatoms. The molecule has 0 amide bonds. The molecule has 1 aromatic heterocycles. The summed E-state index contributed by atoms with van der Waals surface area (Å²) in [6.07, 6.45) is -15.8. The molecule has 0 aliphatic carbocycles. The Morgan fingerprint density at radius 1 is 0.933 bits per heavy atom. The summed E-state index contributed by atoms with van der Waals surface area (Å²) in [6, 6.07) is -0.109. The molecule has 2 rings (SSSR count). The summed E-state index contributed by atoms with van der Waals surface area (Å²) >= 11 is 10.9. The summed E-state index contributed by atoms with van der Waals surface area (Å²) in [6.45, 7) is 0.890. The van der Waals surface area contributed by atoms with Gasteiger partial charge in [0.25, 0.3) is 5.56 Å². The van der Waals surface area contributed by atoms with Crippen molar-refractivity contribution in [3.8, 4) is 0 Å². The van der Waals surface area contributed by atoms with E-state index in [9.17, 15) is 44.3 Å². The standard InChI is InChI=1S/C15H8Cl2F9N3O/c1-2-29-11(30)9(17)10(15(24,25)26)28-12(29)27-7-4-5(13(18,19)20)3-6(8(7)16)14(21,22)23/h3-4H,2H2,1H3,(H,27,28). The molecule has 4 nitrogen and oxygen atoms in total. The summed E-state index contributed by atoms with van der Waals surface area (Å²) in [5.41, 5.74) is -8.03. The molecule has 0 fully saturated rings. The molecule has 0 saturated carbocycles. The highest BCUT2D eigenvalue weighted by Gasteiger charge is 2.40. The van der Waals surface area contributed by atoms with E-state index in [-0.39, 0.29) is 18.7 Å².